The van der Waals surface area contributed by atoms with Gasteiger partial charge in [-0.25, -0.2) is 14.2 Å². The fraction of sp³-hybridized carbons (Fsp3) is 0.424. The second-order valence-corrected chi connectivity index (χ2v) is 12.5. The molecule has 1 unspecified atom stereocenters. The van der Waals surface area contributed by atoms with E-state index in [9.17, 15) is 23.6 Å². The van der Waals surface area contributed by atoms with Crippen LogP contribution in [0.4, 0.5) is 15.0 Å². The van der Waals surface area contributed by atoms with Gasteiger partial charge in [-0.3, -0.25) is 14.4 Å². The molecule has 0 fully saturated rings. The van der Waals surface area contributed by atoms with Crippen molar-refractivity contribution in [2.45, 2.75) is 77.1 Å². The summed E-state index contributed by atoms with van der Waals surface area (Å²) in [5.41, 5.74) is -0.522. The van der Waals surface area contributed by atoms with Crippen molar-refractivity contribution in [3.63, 3.8) is 0 Å². The Bertz CT molecular complexity index is 1460. The molecule has 3 aromatic rings. The Balaban J connectivity index is 1.79. The summed E-state index contributed by atoms with van der Waals surface area (Å²) in [5.74, 6) is -1.65. The highest BCUT2D eigenvalue weighted by Crippen LogP contribution is 2.23. The van der Waals surface area contributed by atoms with Crippen molar-refractivity contribution in [3.05, 3.63) is 84.1 Å². The molecule has 3 rings (SSSR count). The zero-order valence-electron chi connectivity index (χ0n) is 26.9. The Morgan fingerprint density at radius 1 is 0.978 bits per heavy atom. The standard InChI is InChI=1S/C33H43FN6O5/c1-32(2,3)45-31(44)38-33(4,5)30(43)36-25(15-11-14-22-12-9-8-10-13-22)28(41)37-26-20-40(21-35-26)27(29(42)39(6)7)23-16-18-24(34)19-17-23/h8-10,12-13,16-21,25,27H,11,14-15H2,1-7H3,(H,36,43)(H,37,41)(H,38,44)/t25-,27?/m1/s1. The van der Waals surface area contributed by atoms with Gasteiger partial charge in [0, 0.05) is 20.3 Å². The smallest absolute Gasteiger partial charge is 0.408 e. The van der Waals surface area contributed by atoms with E-state index in [1.807, 2.05) is 30.3 Å². The van der Waals surface area contributed by atoms with E-state index in [0.29, 0.717) is 24.8 Å². The first-order valence-electron chi connectivity index (χ1n) is 14.7. The number of carbonyl (C=O) groups is 4. The number of likely N-dealkylation sites (N-methyl/N-ethyl adjacent to an activating group) is 1. The van der Waals surface area contributed by atoms with Crippen LogP contribution in [0.15, 0.2) is 67.1 Å². The van der Waals surface area contributed by atoms with Crippen LogP contribution in [0.1, 0.15) is 64.6 Å². The first-order chi connectivity index (χ1) is 21.1. The molecular formula is C33H43FN6O5. The molecule has 0 bridgehead atoms. The van der Waals surface area contributed by atoms with Crippen LogP contribution in [-0.2, 0) is 25.5 Å². The van der Waals surface area contributed by atoms with Gasteiger partial charge in [0.25, 0.3) is 0 Å². The summed E-state index contributed by atoms with van der Waals surface area (Å²) in [6.07, 6.45) is 3.71. The maximum absolute atomic E-state index is 13.6. The fourth-order valence-corrected chi connectivity index (χ4v) is 4.47. The van der Waals surface area contributed by atoms with Gasteiger partial charge in [-0.05, 0) is 77.1 Å². The van der Waals surface area contributed by atoms with Crippen LogP contribution in [0.5, 0.6) is 0 Å². The molecule has 2 aromatic carbocycles. The highest BCUT2D eigenvalue weighted by molar-refractivity contribution is 5.98. The largest absolute Gasteiger partial charge is 0.444 e. The number of carbonyl (C=O) groups excluding carboxylic acids is 4. The van der Waals surface area contributed by atoms with E-state index in [1.165, 1.54) is 60.1 Å². The molecule has 3 N–H and O–H groups in total. The lowest BCUT2D eigenvalue weighted by Crippen LogP contribution is -2.58. The van der Waals surface area contributed by atoms with Crippen LogP contribution < -0.4 is 16.0 Å². The van der Waals surface area contributed by atoms with Gasteiger partial charge in [0.05, 0.1) is 6.33 Å². The van der Waals surface area contributed by atoms with Gasteiger partial charge in [0.2, 0.25) is 17.7 Å². The second-order valence-electron chi connectivity index (χ2n) is 12.5. The zero-order valence-corrected chi connectivity index (χ0v) is 26.9. The summed E-state index contributed by atoms with van der Waals surface area (Å²) < 4.78 is 20.4. The number of halogens is 1. The van der Waals surface area contributed by atoms with E-state index in [1.54, 1.807) is 34.9 Å². The molecule has 0 radical (unpaired) electrons. The number of anilines is 1. The Morgan fingerprint density at radius 3 is 2.22 bits per heavy atom. The average molecular weight is 623 g/mol. The molecule has 4 amide bonds. The molecule has 0 saturated heterocycles. The van der Waals surface area contributed by atoms with Crippen molar-refractivity contribution in [3.8, 4) is 0 Å². The minimum Gasteiger partial charge on any atom is -0.444 e. The molecule has 2 atom stereocenters. The molecule has 0 aliphatic carbocycles. The van der Waals surface area contributed by atoms with Crippen LogP contribution in [0.25, 0.3) is 0 Å². The normalized spacial score (nSPS) is 12.9. The van der Waals surface area contributed by atoms with E-state index >= 15 is 0 Å². The minimum atomic E-state index is -1.39. The molecular weight excluding hydrogens is 579 g/mol. The number of aryl methyl sites for hydroxylation is 1. The lowest BCUT2D eigenvalue weighted by molar-refractivity contribution is -0.131. The summed E-state index contributed by atoms with van der Waals surface area (Å²) in [6.45, 7) is 8.18. The second kappa shape index (κ2) is 14.8. The first-order valence-corrected chi connectivity index (χ1v) is 14.7. The van der Waals surface area contributed by atoms with Crippen LogP contribution in [0, 0.1) is 5.82 Å². The van der Waals surface area contributed by atoms with E-state index in [2.05, 4.69) is 20.9 Å². The third-order valence-corrected chi connectivity index (χ3v) is 6.82. The van der Waals surface area contributed by atoms with Crippen molar-refractivity contribution < 1.29 is 28.3 Å². The number of nitrogens with one attached hydrogen (secondary N) is 3. The number of hydrogen-bond donors (Lipinski definition) is 3. The molecule has 0 spiro atoms. The van der Waals surface area contributed by atoms with Gasteiger partial charge in [-0.15, -0.1) is 0 Å². The summed E-state index contributed by atoms with van der Waals surface area (Å²) >= 11 is 0. The summed E-state index contributed by atoms with van der Waals surface area (Å²) in [5, 5.41) is 8.08. The quantitative estimate of drug-likeness (QED) is 0.273. The van der Waals surface area contributed by atoms with Gasteiger partial charge < -0.3 is 30.2 Å². The number of nitrogens with zero attached hydrogens (tertiary/aromatic N) is 3. The molecule has 0 aliphatic rings. The predicted molar refractivity (Wildman–Crippen MR) is 169 cm³/mol. The minimum absolute atomic E-state index is 0.159. The van der Waals surface area contributed by atoms with E-state index in [4.69, 9.17) is 4.74 Å². The number of amides is 4. The third kappa shape index (κ3) is 10.4. The number of aromatic nitrogens is 2. The molecule has 11 nitrogen and oxygen atoms in total. The Kier molecular flexibility index (Phi) is 11.4. The van der Waals surface area contributed by atoms with Crippen molar-refractivity contribution in [2.24, 2.45) is 0 Å². The molecule has 0 aliphatic heterocycles. The summed E-state index contributed by atoms with van der Waals surface area (Å²) in [4.78, 5) is 58.0. The molecule has 1 aromatic heterocycles. The highest BCUT2D eigenvalue weighted by atomic mass is 19.1. The maximum atomic E-state index is 13.6. The number of rotatable bonds is 12. The topological polar surface area (TPSA) is 135 Å². The van der Waals surface area contributed by atoms with Gasteiger partial charge >= 0.3 is 6.09 Å². The van der Waals surface area contributed by atoms with Crippen molar-refractivity contribution >= 4 is 29.6 Å². The first kappa shape index (κ1) is 34.7. The SMILES string of the molecule is CN(C)C(=O)C(c1ccc(F)cc1)n1cnc(NC(=O)[C@@H](CCCc2ccccc2)NC(=O)C(C)(C)NC(=O)OC(C)(C)C)c1. The number of imidazole rings is 1. The lowest BCUT2D eigenvalue weighted by atomic mass is 10.0. The average Bonchev–Trinajstić information content (AvgIpc) is 3.40. The van der Waals surface area contributed by atoms with Gasteiger partial charge in [-0.2, -0.15) is 0 Å². The monoisotopic (exact) mass is 622 g/mol. The van der Waals surface area contributed by atoms with Crippen LogP contribution >= 0.6 is 0 Å². The third-order valence-electron chi connectivity index (χ3n) is 6.82. The molecule has 242 valence electrons. The molecule has 1 heterocycles. The number of hydrogen-bond acceptors (Lipinski definition) is 6. The van der Waals surface area contributed by atoms with E-state index in [-0.39, 0.29) is 11.7 Å². The predicted octanol–water partition coefficient (Wildman–Crippen LogP) is 4.45. The number of alkyl carbamates (subject to hydrolysis) is 1. The zero-order chi connectivity index (χ0) is 33.4. The van der Waals surface area contributed by atoms with Crippen LogP contribution in [0.3, 0.4) is 0 Å². The lowest BCUT2D eigenvalue weighted by Gasteiger charge is -2.29. The number of benzene rings is 2. The van der Waals surface area contributed by atoms with Gasteiger partial charge in [-0.1, -0.05) is 42.5 Å². The Hall–Kier alpha value is -4.74. The van der Waals surface area contributed by atoms with Crippen molar-refractivity contribution in [2.75, 3.05) is 19.4 Å². The highest BCUT2D eigenvalue weighted by Gasteiger charge is 2.34. The van der Waals surface area contributed by atoms with Gasteiger partial charge in [0.15, 0.2) is 5.82 Å². The van der Waals surface area contributed by atoms with E-state index in [0.717, 1.165) is 5.56 Å². The summed E-state index contributed by atoms with van der Waals surface area (Å²) in [7, 11) is 3.22. The Labute approximate surface area is 263 Å². The Morgan fingerprint density at radius 2 is 1.62 bits per heavy atom. The summed E-state index contributed by atoms with van der Waals surface area (Å²) in [6, 6.07) is 13.5. The maximum Gasteiger partial charge on any atom is 0.408 e. The molecule has 45 heavy (non-hydrogen) atoms. The fourth-order valence-electron chi connectivity index (χ4n) is 4.47. The van der Waals surface area contributed by atoms with Crippen LogP contribution in [-0.4, -0.2) is 69.5 Å². The van der Waals surface area contributed by atoms with Crippen molar-refractivity contribution in [1.29, 1.82) is 0 Å². The number of ether oxygens (including phenoxy) is 1. The molecule has 12 heteroatoms. The van der Waals surface area contributed by atoms with Crippen LogP contribution in [0.2, 0.25) is 0 Å². The van der Waals surface area contributed by atoms with Gasteiger partial charge in [0.1, 0.15) is 29.0 Å². The van der Waals surface area contributed by atoms with E-state index < -0.39 is 46.9 Å². The van der Waals surface area contributed by atoms with Crippen molar-refractivity contribution in [1.82, 2.24) is 25.1 Å². The molecule has 0 saturated carbocycles.